The predicted octanol–water partition coefficient (Wildman–Crippen LogP) is 2.63. The molecule has 5 heteroatoms. The van der Waals surface area contributed by atoms with Crippen molar-refractivity contribution in [2.75, 3.05) is 0 Å². The normalized spacial score (nSPS) is 13.0. The zero-order valence-corrected chi connectivity index (χ0v) is 10.2. The van der Waals surface area contributed by atoms with Crippen molar-refractivity contribution in [3.8, 4) is 0 Å². The molecule has 0 fully saturated rings. The molecule has 0 saturated heterocycles. The highest BCUT2D eigenvalue weighted by molar-refractivity contribution is 6.16. The van der Waals surface area contributed by atoms with Gasteiger partial charge in [0.05, 0.1) is 5.88 Å². The Labute approximate surface area is 96.0 Å². The van der Waals surface area contributed by atoms with Gasteiger partial charge in [-0.2, -0.15) is 0 Å². The van der Waals surface area contributed by atoms with Crippen LogP contribution in [0, 0.1) is 5.92 Å². The standard InChI is InChI=1S/C10H19ClN4/c1-3-5-6-9(4-2)8-15-10(7-11)12-13-14-15/h9H,3-8H2,1-2H3. The van der Waals surface area contributed by atoms with Crippen LogP contribution in [0.2, 0.25) is 0 Å². The number of hydrogen-bond donors (Lipinski definition) is 0. The summed E-state index contributed by atoms with van der Waals surface area (Å²) in [4.78, 5) is 0. The van der Waals surface area contributed by atoms with Crippen LogP contribution in [-0.2, 0) is 12.4 Å². The van der Waals surface area contributed by atoms with Crippen molar-refractivity contribution in [2.24, 2.45) is 5.92 Å². The van der Waals surface area contributed by atoms with Crippen LogP contribution in [0.3, 0.4) is 0 Å². The van der Waals surface area contributed by atoms with Gasteiger partial charge in [-0.15, -0.1) is 16.7 Å². The van der Waals surface area contributed by atoms with Gasteiger partial charge in [0, 0.05) is 6.54 Å². The van der Waals surface area contributed by atoms with Crippen LogP contribution in [0.5, 0.6) is 0 Å². The number of rotatable bonds is 7. The third kappa shape index (κ3) is 3.78. The monoisotopic (exact) mass is 230 g/mol. The molecule has 1 rings (SSSR count). The average molecular weight is 231 g/mol. The summed E-state index contributed by atoms with van der Waals surface area (Å²) < 4.78 is 1.83. The number of hydrogen-bond acceptors (Lipinski definition) is 3. The zero-order valence-electron chi connectivity index (χ0n) is 9.49. The summed E-state index contributed by atoms with van der Waals surface area (Å²) in [5, 5.41) is 11.5. The molecule has 0 saturated carbocycles. The molecule has 0 spiro atoms. The van der Waals surface area contributed by atoms with Crippen LogP contribution in [0.25, 0.3) is 0 Å². The first-order valence-corrected chi connectivity index (χ1v) is 6.16. The van der Waals surface area contributed by atoms with Crippen molar-refractivity contribution >= 4 is 11.6 Å². The zero-order chi connectivity index (χ0) is 11.1. The fourth-order valence-corrected chi connectivity index (χ4v) is 1.81. The van der Waals surface area contributed by atoms with Gasteiger partial charge in [0.1, 0.15) is 0 Å². The highest BCUT2D eigenvalue weighted by Gasteiger charge is 2.11. The number of halogens is 1. The Kier molecular flexibility index (Phi) is 5.61. The molecular weight excluding hydrogens is 212 g/mol. The minimum absolute atomic E-state index is 0.386. The molecule has 0 aliphatic heterocycles. The molecule has 0 bridgehead atoms. The third-order valence-electron chi connectivity index (χ3n) is 2.70. The molecule has 0 aromatic carbocycles. The van der Waals surface area contributed by atoms with Gasteiger partial charge in [-0.05, 0) is 22.8 Å². The van der Waals surface area contributed by atoms with Gasteiger partial charge in [-0.1, -0.05) is 33.1 Å². The topological polar surface area (TPSA) is 43.6 Å². The van der Waals surface area contributed by atoms with Crippen molar-refractivity contribution in [1.82, 2.24) is 20.2 Å². The smallest absolute Gasteiger partial charge is 0.166 e. The predicted molar refractivity (Wildman–Crippen MR) is 60.7 cm³/mol. The lowest BCUT2D eigenvalue weighted by molar-refractivity contribution is 0.363. The van der Waals surface area contributed by atoms with Gasteiger partial charge >= 0.3 is 0 Å². The first-order valence-electron chi connectivity index (χ1n) is 5.62. The van der Waals surface area contributed by atoms with Crippen molar-refractivity contribution in [3.63, 3.8) is 0 Å². The summed E-state index contributed by atoms with van der Waals surface area (Å²) in [6, 6.07) is 0. The van der Waals surface area contributed by atoms with Gasteiger partial charge in [0.2, 0.25) is 0 Å². The molecule has 15 heavy (non-hydrogen) atoms. The van der Waals surface area contributed by atoms with Crippen LogP contribution in [0.15, 0.2) is 0 Å². The van der Waals surface area contributed by atoms with Gasteiger partial charge < -0.3 is 0 Å². The highest BCUT2D eigenvalue weighted by Crippen LogP contribution is 2.15. The van der Waals surface area contributed by atoms with E-state index in [0.29, 0.717) is 11.8 Å². The maximum atomic E-state index is 5.74. The summed E-state index contributed by atoms with van der Waals surface area (Å²) in [5.41, 5.74) is 0. The molecule has 4 nitrogen and oxygen atoms in total. The number of aromatic nitrogens is 4. The van der Waals surface area contributed by atoms with E-state index in [1.54, 1.807) is 0 Å². The number of alkyl halides is 1. The quantitative estimate of drug-likeness (QED) is 0.677. The van der Waals surface area contributed by atoms with E-state index in [0.717, 1.165) is 12.4 Å². The Hall–Kier alpha value is -0.640. The van der Waals surface area contributed by atoms with Crippen LogP contribution < -0.4 is 0 Å². The summed E-state index contributed by atoms with van der Waals surface area (Å²) in [6.07, 6.45) is 4.93. The second kappa shape index (κ2) is 6.77. The highest BCUT2D eigenvalue weighted by atomic mass is 35.5. The average Bonchev–Trinajstić information content (AvgIpc) is 2.71. The van der Waals surface area contributed by atoms with E-state index in [1.807, 2.05) is 4.68 Å². The lowest BCUT2D eigenvalue weighted by Gasteiger charge is -2.14. The van der Waals surface area contributed by atoms with Crippen LogP contribution >= 0.6 is 11.6 Å². The molecule has 1 aromatic rings. The number of unbranched alkanes of at least 4 members (excludes halogenated alkanes) is 1. The van der Waals surface area contributed by atoms with E-state index in [4.69, 9.17) is 11.6 Å². The summed E-state index contributed by atoms with van der Waals surface area (Å²) in [5.74, 6) is 1.82. The molecule has 0 amide bonds. The van der Waals surface area contributed by atoms with Crippen LogP contribution in [0.4, 0.5) is 0 Å². The first kappa shape index (κ1) is 12.4. The second-order valence-electron chi connectivity index (χ2n) is 3.83. The second-order valence-corrected chi connectivity index (χ2v) is 4.09. The van der Waals surface area contributed by atoms with Crippen molar-refractivity contribution in [1.29, 1.82) is 0 Å². The minimum atomic E-state index is 0.386. The summed E-state index contributed by atoms with van der Waals surface area (Å²) >= 11 is 5.74. The summed E-state index contributed by atoms with van der Waals surface area (Å²) in [7, 11) is 0. The van der Waals surface area contributed by atoms with E-state index < -0.39 is 0 Å². The van der Waals surface area contributed by atoms with Crippen molar-refractivity contribution in [3.05, 3.63) is 5.82 Å². The molecule has 1 unspecified atom stereocenters. The van der Waals surface area contributed by atoms with Crippen LogP contribution in [-0.4, -0.2) is 20.2 Å². The molecule has 1 heterocycles. The number of tetrazole rings is 1. The fraction of sp³-hybridized carbons (Fsp3) is 0.900. The molecule has 1 aromatic heterocycles. The molecule has 0 radical (unpaired) electrons. The van der Waals surface area contributed by atoms with Gasteiger partial charge in [-0.3, -0.25) is 0 Å². The Bertz CT molecular complexity index is 274. The third-order valence-corrected chi connectivity index (χ3v) is 2.94. The largest absolute Gasteiger partial charge is 0.228 e. The van der Waals surface area contributed by atoms with E-state index in [1.165, 1.54) is 25.7 Å². The first-order chi connectivity index (χ1) is 7.31. The lowest BCUT2D eigenvalue weighted by Crippen LogP contribution is -2.13. The van der Waals surface area contributed by atoms with Crippen LogP contribution in [0.1, 0.15) is 45.4 Å². The Balaban J connectivity index is 2.50. The van der Waals surface area contributed by atoms with Gasteiger partial charge in [-0.25, -0.2) is 4.68 Å². The maximum Gasteiger partial charge on any atom is 0.166 e. The minimum Gasteiger partial charge on any atom is -0.228 e. The molecule has 0 N–H and O–H groups in total. The molecule has 1 atom stereocenters. The van der Waals surface area contributed by atoms with E-state index in [-0.39, 0.29) is 0 Å². The maximum absolute atomic E-state index is 5.74. The molecule has 0 aliphatic carbocycles. The van der Waals surface area contributed by atoms with Gasteiger partial charge in [0.15, 0.2) is 5.82 Å². The molecule has 0 aliphatic rings. The van der Waals surface area contributed by atoms with Crippen molar-refractivity contribution < 1.29 is 0 Å². The lowest BCUT2D eigenvalue weighted by atomic mass is 9.99. The van der Waals surface area contributed by atoms with Gasteiger partial charge in [0.25, 0.3) is 0 Å². The SMILES string of the molecule is CCCCC(CC)Cn1nnnc1CCl. The Morgan fingerprint density at radius 1 is 1.40 bits per heavy atom. The van der Waals surface area contributed by atoms with E-state index >= 15 is 0 Å². The fourth-order valence-electron chi connectivity index (χ4n) is 1.62. The van der Waals surface area contributed by atoms with Crippen molar-refractivity contribution in [2.45, 2.75) is 52.0 Å². The molecular formula is C10H19ClN4. The molecule has 86 valence electrons. The summed E-state index contributed by atoms with van der Waals surface area (Å²) in [6.45, 7) is 5.32. The Morgan fingerprint density at radius 3 is 2.80 bits per heavy atom. The van der Waals surface area contributed by atoms with E-state index in [9.17, 15) is 0 Å². The van der Waals surface area contributed by atoms with E-state index in [2.05, 4.69) is 29.4 Å². The number of nitrogens with zero attached hydrogens (tertiary/aromatic N) is 4. The Morgan fingerprint density at radius 2 is 2.20 bits per heavy atom.